The number of benzene rings is 3. The number of halogens is 1. The molecule has 150 valence electrons. The third kappa shape index (κ3) is 5.47. The number of hydrogen-bond acceptors (Lipinski definition) is 4. The van der Waals surface area contributed by atoms with Crippen LogP contribution in [0.5, 0.6) is 5.75 Å². The van der Waals surface area contributed by atoms with Crippen molar-refractivity contribution < 1.29 is 14.3 Å². The molecule has 7 heteroatoms. The minimum absolute atomic E-state index is 0.0403. The summed E-state index contributed by atoms with van der Waals surface area (Å²) in [7, 11) is 3.22. The van der Waals surface area contributed by atoms with Gasteiger partial charge < -0.3 is 15.4 Å². The van der Waals surface area contributed by atoms with Crippen molar-refractivity contribution in [3.63, 3.8) is 0 Å². The largest absolute Gasteiger partial charge is 0.495 e. The van der Waals surface area contributed by atoms with Crippen LogP contribution in [0, 0.1) is 0 Å². The second-order valence-electron chi connectivity index (χ2n) is 6.64. The van der Waals surface area contributed by atoms with Crippen LogP contribution in [0.15, 0.2) is 60.7 Å². The van der Waals surface area contributed by atoms with Gasteiger partial charge in [-0.15, -0.1) is 0 Å². The lowest BCUT2D eigenvalue weighted by atomic mass is 10.1. The Kier molecular flexibility index (Phi) is 6.69. The second kappa shape index (κ2) is 9.41. The van der Waals surface area contributed by atoms with Gasteiger partial charge in [-0.05, 0) is 36.7 Å². The summed E-state index contributed by atoms with van der Waals surface area (Å²) < 4.78 is 5.22. The number of methoxy groups -OCH3 is 1. The van der Waals surface area contributed by atoms with Gasteiger partial charge in [0, 0.05) is 16.1 Å². The molecule has 0 fully saturated rings. The fraction of sp³-hybridized carbons (Fsp3) is 0.182. The van der Waals surface area contributed by atoms with Crippen molar-refractivity contribution in [3.05, 3.63) is 65.7 Å². The quantitative estimate of drug-likeness (QED) is 0.616. The van der Waals surface area contributed by atoms with Gasteiger partial charge in [0.15, 0.2) is 0 Å². The van der Waals surface area contributed by atoms with E-state index in [9.17, 15) is 9.59 Å². The summed E-state index contributed by atoms with van der Waals surface area (Å²) in [6.07, 6.45) is 0. The Bertz CT molecular complexity index is 1030. The van der Waals surface area contributed by atoms with Crippen LogP contribution in [-0.4, -0.2) is 44.0 Å². The molecular weight excluding hydrogens is 390 g/mol. The topological polar surface area (TPSA) is 70.7 Å². The average molecular weight is 412 g/mol. The predicted octanol–water partition coefficient (Wildman–Crippen LogP) is 4.01. The number of nitrogens with zero attached hydrogens (tertiary/aromatic N) is 1. The van der Waals surface area contributed by atoms with E-state index in [1.165, 1.54) is 7.11 Å². The molecule has 0 spiro atoms. The Morgan fingerprint density at radius 3 is 2.31 bits per heavy atom. The number of ether oxygens (including phenoxy) is 1. The van der Waals surface area contributed by atoms with Gasteiger partial charge in [-0.3, -0.25) is 14.5 Å². The van der Waals surface area contributed by atoms with Gasteiger partial charge in [0.05, 0.1) is 25.9 Å². The fourth-order valence-electron chi connectivity index (χ4n) is 3.04. The molecule has 0 saturated carbocycles. The predicted molar refractivity (Wildman–Crippen MR) is 117 cm³/mol. The van der Waals surface area contributed by atoms with Crippen LogP contribution in [0.25, 0.3) is 10.8 Å². The zero-order chi connectivity index (χ0) is 20.8. The van der Waals surface area contributed by atoms with Crippen LogP contribution < -0.4 is 15.4 Å². The minimum Gasteiger partial charge on any atom is -0.495 e. The molecular formula is C22H22ClN3O3. The summed E-state index contributed by atoms with van der Waals surface area (Å²) in [6, 6.07) is 18.6. The summed E-state index contributed by atoms with van der Waals surface area (Å²) in [5.41, 5.74) is 1.23. The van der Waals surface area contributed by atoms with Gasteiger partial charge >= 0.3 is 0 Å². The molecule has 2 amide bonds. The summed E-state index contributed by atoms with van der Waals surface area (Å²) in [4.78, 5) is 26.4. The van der Waals surface area contributed by atoms with E-state index in [-0.39, 0.29) is 24.9 Å². The molecule has 0 heterocycles. The van der Waals surface area contributed by atoms with Gasteiger partial charge in [0.25, 0.3) is 0 Å². The van der Waals surface area contributed by atoms with Crippen LogP contribution in [0.3, 0.4) is 0 Å². The first-order chi connectivity index (χ1) is 14.0. The van der Waals surface area contributed by atoms with Gasteiger partial charge in [0.1, 0.15) is 5.75 Å². The minimum atomic E-state index is -0.272. The third-order valence-corrected chi connectivity index (χ3v) is 4.56. The lowest BCUT2D eigenvalue weighted by Crippen LogP contribution is -2.36. The van der Waals surface area contributed by atoms with Gasteiger partial charge in [-0.1, -0.05) is 48.0 Å². The Morgan fingerprint density at radius 1 is 0.931 bits per heavy atom. The summed E-state index contributed by atoms with van der Waals surface area (Å²) in [6.45, 7) is 0.113. The fourth-order valence-corrected chi connectivity index (χ4v) is 3.21. The first-order valence-corrected chi connectivity index (χ1v) is 9.43. The summed E-state index contributed by atoms with van der Waals surface area (Å²) in [5.74, 6) is 0.0436. The number of fused-ring (bicyclic) bond motifs is 1. The highest BCUT2D eigenvalue weighted by molar-refractivity contribution is 6.31. The zero-order valence-corrected chi connectivity index (χ0v) is 17.0. The lowest BCUT2D eigenvalue weighted by Gasteiger charge is -2.17. The molecule has 0 aliphatic heterocycles. The molecule has 0 atom stereocenters. The number of rotatable bonds is 7. The Labute approximate surface area is 174 Å². The number of nitrogens with one attached hydrogen (secondary N) is 2. The molecule has 0 saturated heterocycles. The number of hydrogen-bond donors (Lipinski definition) is 2. The average Bonchev–Trinajstić information content (AvgIpc) is 2.68. The van der Waals surface area contributed by atoms with Gasteiger partial charge in [-0.2, -0.15) is 0 Å². The number of carbonyl (C=O) groups excluding carboxylic acids is 2. The number of anilines is 2. The first kappa shape index (κ1) is 20.6. The Morgan fingerprint density at radius 2 is 1.59 bits per heavy atom. The van der Waals surface area contributed by atoms with E-state index in [0.717, 1.165) is 16.5 Å². The van der Waals surface area contributed by atoms with Crippen molar-refractivity contribution in [2.75, 3.05) is 37.9 Å². The van der Waals surface area contributed by atoms with Crippen LogP contribution in [-0.2, 0) is 9.59 Å². The maximum atomic E-state index is 12.4. The molecule has 0 aliphatic carbocycles. The van der Waals surface area contributed by atoms with Crippen molar-refractivity contribution in [1.29, 1.82) is 0 Å². The molecule has 0 radical (unpaired) electrons. The van der Waals surface area contributed by atoms with Crippen LogP contribution in [0.1, 0.15) is 0 Å². The highest BCUT2D eigenvalue weighted by Crippen LogP contribution is 2.27. The van der Waals surface area contributed by atoms with Crippen molar-refractivity contribution >= 4 is 45.6 Å². The molecule has 29 heavy (non-hydrogen) atoms. The zero-order valence-electron chi connectivity index (χ0n) is 16.2. The van der Waals surface area contributed by atoms with Gasteiger partial charge in [-0.25, -0.2) is 0 Å². The first-order valence-electron chi connectivity index (χ1n) is 9.06. The SMILES string of the molecule is COc1ccc(Cl)cc1NC(=O)CN(C)CC(=O)Nc1cccc2ccccc12. The Hall–Kier alpha value is -3.09. The number of carbonyl (C=O) groups is 2. The molecule has 0 bridgehead atoms. The highest BCUT2D eigenvalue weighted by Gasteiger charge is 2.14. The smallest absolute Gasteiger partial charge is 0.238 e. The Balaban J connectivity index is 1.57. The second-order valence-corrected chi connectivity index (χ2v) is 7.08. The van der Waals surface area contributed by atoms with Crippen LogP contribution >= 0.6 is 11.6 Å². The van der Waals surface area contributed by atoms with Crippen molar-refractivity contribution in [3.8, 4) is 5.75 Å². The van der Waals surface area contributed by atoms with Crippen molar-refractivity contribution in [1.82, 2.24) is 4.90 Å². The van der Waals surface area contributed by atoms with E-state index in [0.29, 0.717) is 16.5 Å². The van der Waals surface area contributed by atoms with Gasteiger partial charge in [0.2, 0.25) is 11.8 Å². The van der Waals surface area contributed by atoms with E-state index in [1.54, 1.807) is 30.1 Å². The van der Waals surface area contributed by atoms with Crippen LogP contribution in [0.2, 0.25) is 5.02 Å². The molecule has 3 aromatic carbocycles. The lowest BCUT2D eigenvalue weighted by molar-refractivity contribution is -0.119. The van der Waals surface area contributed by atoms with Crippen LogP contribution in [0.4, 0.5) is 11.4 Å². The summed E-state index contributed by atoms with van der Waals surface area (Å²) >= 11 is 5.98. The maximum Gasteiger partial charge on any atom is 0.238 e. The van der Waals surface area contributed by atoms with Crippen molar-refractivity contribution in [2.45, 2.75) is 0 Å². The number of amides is 2. The molecule has 3 aromatic rings. The molecule has 0 unspecified atom stereocenters. The van der Waals surface area contributed by atoms with E-state index >= 15 is 0 Å². The molecule has 2 N–H and O–H groups in total. The standard InChI is InChI=1S/C22H22ClN3O3/c1-26(14-22(28)25-19-12-16(23)10-11-20(19)29-2)13-21(27)24-18-9-5-7-15-6-3-4-8-17(15)18/h3-12H,13-14H2,1-2H3,(H,24,27)(H,25,28). The van der Waals surface area contributed by atoms with E-state index < -0.39 is 0 Å². The molecule has 6 nitrogen and oxygen atoms in total. The molecule has 0 aromatic heterocycles. The van der Waals surface area contributed by atoms with Crippen molar-refractivity contribution in [2.24, 2.45) is 0 Å². The molecule has 0 aliphatic rings. The third-order valence-electron chi connectivity index (χ3n) is 4.33. The number of likely N-dealkylation sites (N-methyl/N-ethyl adjacent to an activating group) is 1. The maximum absolute atomic E-state index is 12.4. The monoisotopic (exact) mass is 411 g/mol. The highest BCUT2D eigenvalue weighted by atomic mass is 35.5. The summed E-state index contributed by atoms with van der Waals surface area (Å²) in [5, 5.41) is 8.18. The van der Waals surface area contributed by atoms with E-state index in [4.69, 9.17) is 16.3 Å². The molecule has 3 rings (SSSR count). The normalized spacial score (nSPS) is 10.8. The van der Waals surface area contributed by atoms with E-state index in [2.05, 4.69) is 10.6 Å². The van der Waals surface area contributed by atoms with E-state index in [1.807, 2.05) is 42.5 Å².